The summed E-state index contributed by atoms with van der Waals surface area (Å²) < 4.78 is 0.675. The first-order valence-corrected chi connectivity index (χ1v) is 4.50. The summed E-state index contributed by atoms with van der Waals surface area (Å²) in [6.45, 7) is 1.78. The molecular formula is C8H9BrN2O2. The fraction of sp³-hybridized carbons (Fsp3) is 0.250. The van der Waals surface area contributed by atoms with Gasteiger partial charge in [0.15, 0.2) is 0 Å². The topological polar surface area (TPSA) is 69.2 Å². The van der Waals surface area contributed by atoms with Gasteiger partial charge in [-0.05, 0) is 18.6 Å². The summed E-state index contributed by atoms with van der Waals surface area (Å²) in [4.78, 5) is 10.0. The normalized spacial score (nSPS) is 12.5. The summed E-state index contributed by atoms with van der Waals surface area (Å²) >= 11 is 3.19. The van der Waals surface area contributed by atoms with Crippen molar-refractivity contribution in [3.8, 4) is 0 Å². The monoisotopic (exact) mass is 244 g/mol. The van der Waals surface area contributed by atoms with E-state index in [4.69, 9.17) is 5.73 Å². The summed E-state index contributed by atoms with van der Waals surface area (Å²) in [5, 5.41) is 10.5. The number of hydrogen-bond donors (Lipinski definition) is 1. The van der Waals surface area contributed by atoms with Gasteiger partial charge in [-0.1, -0.05) is 15.9 Å². The summed E-state index contributed by atoms with van der Waals surface area (Å²) in [6, 6.07) is 4.51. The zero-order valence-corrected chi connectivity index (χ0v) is 8.61. The van der Waals surface area contributed by atoms with Crippen molar-refractivity contribution in [3.05, 3.63) is 38.3 Å². The molecule has 0 aromatic heterocycles. The summed E-state index contributed by atoms with van der Waals surface area (Å²) in [6.07, 6.45) is 0. The van der Waals surface area contributed by atoms with Crippen molar-refractivity contribution in [3.63, 3.8) is 0 Å². The average Bonchev–Trinajstić information content (AvgIpc) is 2.03. The van der Waals surface area contributed by atoms with Crippen LogP contribution in [0.1, 0.15) is 18.5 Å². The molecule has 0 saturated carbocycles. The van der Waals surface area contributed by atoms with Crippen molar-refractivity contribution in [2.75, 3.05) is 0 Å². The van der Waals surface area contributed by atoms with E-state index in [2.05, 4.69) is 15.9 Å². The molecule has 0 radical (unpaired) electrons. The van der Waals surface area contributed by atoms with E-state index < -0.39 is 4.92 Å². The van der Waals surface area contributed by atoms with Crippen molar-refractivity contribution in [1.29, 1.82) is 0 Å². The van der Waals surface area contributed by atoms with Gasteiger partial charge in [-0.2, -0.15) is 0 Å². The molecule has 70 valence electrons. The van der Waals surface area contributed by atoms with Crippen LogP contribution in [0, 0.1) is 10.1 Å². The highest BCUT2D eigenvalue weighted by Gasteiger charge is 2.10. The van der Waals surface area contributed by atoms with E-state index in [-0.39, 0.29) is 11.7 Å². The molecule has 0 fully saturated rings. The van der Waals surface area contributed by atoms with Crippen LogP contribution in [-0.2, 0) is 0 Å². The Morgan fingerprint density at radius 2 is 2.15 bits per heavy atom. The van der Waals surface area contributed by atoms with Crippen LogP contribution in [-0.4, -0.2) is 4.92 Å². The molecule has 0 aliphatic carbocycles. The molecular weight excluding hydrogens is 236 g/mol. The van der Waals surface area contributed by atoms with Crippen molar-refractivity contribution in [2.45, 2.75) is 13.0 Å². The number of nitro benzene ring substituents is 1. The van der Waals surface area contributed by atoms with Gasteiger partial charge >= 0.3 is 0 Å². The lowest BCUT2D eigenvalue weighted by Gasteiger charge is -2.05. The molecule has 0 heterocycles. The number of halogens is 1. The molecule has 0 aliphatic heterocycles. The molecule has 2 N–H and O–H groups in total. The Morgan fingerprint density at radius 1 is 1.54 bits per heavy atom. The maximum atomic E-state index is 10.5. The van der Waals surface area contributed by atoms with Crippen molar-refractivity contribution in [2.24, 2.45) is 5.73 Å². The molecule has 1 aromatic rings. The highest BCUT2D eigenvalue weighted by atomic mass is 79.9. The van der Waals surface area contributed by atoms with E-state index >= 15 is 0 Å². The lowest BCUT2D eigenvalue weighted by molar-refractivity contribution is -0.385. The standard InChI is InChI=1S/C8H9BrN2O2/c1-5(10)6-2-7(9)4-8(3-6)11(12)13/h2-5H,10H2,1H3/t5-/m0/s1. The smallest absolute Gasteiger partial charge is 0.270 e. The lowest BCUT2D eigenvalue weighted by Crippen LogP contribution is -2.05. The molecule has 13 heavy (non-hydrogen) atoms. The molecule has 0 spiro atoms. The van der Waals surface area contributed by atoms with E-state index in [0.717, 1.165) is 5.56 Å². The highest BCUT2D eigenvalue weighted by Crippen LogP contribution is 2.23. The van der Waals surface area contributed by atoms with Gasteiger partial charge in [0.1, 0.15) is 0 Å². The maximum absolute atomic E-state index is 10.5. The number of non-ortho nitro benzene ring substituents is 1. The van der Waals surface area contributed by atoms with Crippen LogP contribution >= 0.6 is 15.9 Å². The third kappa shape index (κ3) is 2.50. The van der Waals surface area contributed by atoms with Gasteiger partial charge in [-0.15, -0.1) is 0 Å². The number of nitro groups is 1. The van der Waals surface area contributed by atoms with Gasteiger partial charge in [-0.25, -0.2) is 0 Å². The first-order chi connectivity index (χ1) is 6.00. The van der Waals surface area contributed by atoms with Gasteiger partial charge in [-0.3, -0.25) is 10.1 Å². The van der Waals surface area contributed by atoms with E-state index in [1.807, 2.05) is 0 Å². The first-order valence-electron chi connectivity index (χ1n) is 3.71. The molecule has 0 amide bonds. The van der Waals surface area contributed by atoms with E-state index in [9.17, 15) is 10.1 Å². The fourth-order valence-electron chi connectivity index (χ4n) is 0.965. The Bertz CT molecular complexity index is 339. The predicted molar refractivity (Wildman–Crippen MR) is 53.4 cm³/mol. The highest BCUT2D eigenvalue weighted by molar-refractivity contribution is 9.10. The number of benzene rings is 1. The molecule has 5 heteroatoms. The number of rotatable bonds is 2. The van der Waals surface area contributed by atoms with Crippen molar-refractivity contribution >= 4 is 21.6 Å². The summed E-state index contributed by atoms with van der Waals surface area (Å²) in [7, 11) is 0. The third-order valence-electron chi connectivity index (χ3n) is 1.64. The SMILES string of the molecule is C[C@H](N)c1cc(Br)cc([N+](=O)[O-])c1. The predicted octanol–water partition coefficient (Wildman–Crippen LogP) is 2.38. The van der Waals surface area contributed by atoms with Gasteiger partial charge in [0.2, 0.25) is 0 Å². The minimum atomic E-state index is -0.434. The zero-order chi connectivity index (χ0) is 10.0. The summed E-state index contributed by atoms with van der Waals surface area (Å²) in [5.41, 5.74) is 6.42. The Morgan fingerprint density at radius 3 is 2.62 bits per heavy atom. The lowest BCUT2D eigenvalue weighted by atomic mass is 10.1. The van der Waals surface area contributed by atoms with Crippen molar-refractivity contribution in [1.82, 2.24) is 0 Å². The number of hydrogen-bond acceptors (Lipinski definition) is 3. The molecule has 1 atom stereocenters. The number of nitrogens with zero attached hydrogens (tertiary/aromatic N) is 1. The Balaban J connectivity index is 3.19. The van der Waals surface area contributed by atoms with Gasteiger partial charge < -0.3 is 5.73 Å². The molecule has 1 aromatic carbocycles. The third-order valence-corrected chi connectivity index (χ3v) is 2.10. The number of nitrogens with two attached hydrogens (primary N) is 1. The van der Waals surface area contributed by atoms with Gasteiger partial charge in [0.25, 0.3) is 5.69 Å². The van der Waals surface area contributed by atoms with E-state index in [0.29, 0.717) is 4.47 Å². The van der Waals surface area contributed by atoms with Crippen LogP contribution in [0.3, 0.4) is 0 Å². The second-order valence-corrected chi connectivity index (χ2v) is 3.70. The van der Waals surface area contributed by atoms with Crippen LogP contribution in [0.25, 0.3) is 0 Å². The Hall–Kier alpha value is -0.940. The average molecular weight is 245 g/mol. The Labute approximate surface area is 84.0 Å². The zero-order valence-electron chi connectivity index (χ0n) is 7.03. The largest absolute Gasteiger partial charge is 0.324 e. The van der Waals surface area contributed by atoms with E-state index in [1.165, 1.54) is 12.1 Å². The Kier molecular flexibility index (Phi) is 3.00. The molecule has 0 aliphatic rings. The van der Waals surface area contributed by atoms with Gasteiger partial charge in [0.05, 0.1) is 4.92 Å². The minimum Gasteiger partial charge on any atom is -0.324 e. The first kappa shape index (κ1) is 10.1. The van der Waals surface area contributed by atoms with Gasteiger partial charge in [0, 0.05) is 22.6 Å². The molecule has 4 nitrogen and oxygen atoms in total. The summed E-state index contributed by atoms with van der Waals surface area (Å²) in [5.74, 6) is 0. The molecule has 1 rings (SSSR count). The molecule has 0 unspecified atom stereocenters. The second kappa shape index (κ2) is 3.85. The van der Waals surface area contributed by atoms with Crippen LogP contribution in [0.5, 0.6) is 0 Å². The molecule has 0 saturated heterocycles. The molecule has 0 bridgehead atoms. The second-order valence-electron chi connectivity index (χ2n) is 2.79. The van der Waals surface area contributed by atoms with E-state index in [1.54, 1.807) is 13.0 Å². The van der Waals surface area contributed by atoms with Crippen LogP contribution in [0.2, 0.25) is 0 Å². The van der Waals surface area contributed by atoms with Crippen LogP contribution in [0.4, 0.5) is 5.69 Å². The minimum absolute atomic E-state index is 0.0571. The van der Waals surface area contributed by atoms with Crippen LogP contribution < -0.4 is 5.73 Å². The fourth-order valence-corrected chi connectivity index (χ4v) is 1.46. The van der Waals surface area contributed by atoms with Crippen LogP contribution in [0.15, 0.2) is 22.7 Å². The quantitative estimate of drug-likeness (QED) is 0.642. The maximum Gasteiger partial charge on any atom is 0.270 e. The van der Waals surface area contributed by atoms with Crippen molar-refractivity contribution < 1.29 is 4.92 Å².